The van der Waals surface area contributed by atoms with Gasteiger partial charge in [0.25, 0.3) is 0 Å². The smallest absolute Gasteiger partial charge is 0.336 e. The van der Waals surface area contributed by atoms with Crippen molar-refractivity contribution in [2.75, 3.05) is 41.8 Å². The van der Waals surface area contributed by atoms with Crippen molar-refractivity contribution in [2.45, 2.75) is 26.3 Å². The van der Waals surface area contributed by atoms with Gasteiger partial charge in [-0.15, -0.1) is 0 Å². The normalized spacial score (nSPS) is 13.0. The van der Waals surface area contributed by atoms with Crippen molar-refractivity contribution < 1.29 is 44.8 Å². The molecule has 1 saturated heterocycles. The van der Waals surface area contributed by atoms with Crippen LogP contribution in [-0.2, 0) is 40.8 Å². The molecule has 19 heteroatoms. The summed E-state index contributed by atoms with van der Waals surface area (Å²) in [5.74, 6) is -0.733. The summed E-state index contributed by atoms with van der Waals surface area (Å²) in [5, 5.41) is 59.7. The summed E-state index contributed by atoms with van der Waals surface area (Å²) in [4.78, 5) is 47.5. The Hall–Kier alpha value is -6.77. The van der Waals surface area contributed by atoms with Gasteiger partial charge >= 0.3 is 11.9 Å². The van der Waals surface area contributed by atoms with E-state index >= 15 is 0 Å². The standard InChI is InChI=1S/C37H36N10O9/c48-35(49)31-17-29(3-1-23(31)21-55-52)45-43-27-9-5-25(6-10-27)38-19-33-40-34(42-37(41-33)47-13-15-54-16-14-47)20-39-26-7-11-28(12-8-26)44-46-30-4-2-24(22-56-53)32(18-30)36(50)51/h1-12,17-18,38-39,52-53H,13-16,19-22H2,(H,48,49)(H,50,51). The molecule has 1 aliphatic rings. The van der Waals surface area contributed by atoms with E-state index in [-0.39, 0.29) is 24.3 Å². The van der Waals surface area contributed by atoms with Crippen LogP contribution in [0.25, 0.3) is 0 Å². The maximum absolute atomic E-state index is 11.6. The van der Waals surface area contributed by atoms with E-state index < -0.39 is 11.9 Å². The minimum absolute atomic E-state index is 0.0465. The molecule has 0 bridgehead atoms. The largest absolute Gasteiger partial charge is 0.478 e. The van der Waals surface area contributed by atoms with E-state index in [1.807, 2.05) is 24.3 Å². The third kappa shape index (κ3) is 10.7. The molecule has 19 nitrogen and oxygen atoms in total. The molecule has 0 spiro atoms. The van der Waals surface area contributed by atoms with E-state index in [0.717, 1.165) is 11.4 Å². The molecule has 2 heterocycles. The van der Waals surface area contributed by atoms with Gasteiger partial charge in [0.1, 0.15) is 13.2 Å². The predicted octanol–water partition coefficient (Wildman–Crippen LogP) is 7.14. The Morgan fingerprint density at radius 1 is 0.625 bits per heavy atom. The number of nitrogens with one attached hydrogen (secondary N) is 2. The number of hydrogen-bond acceptors (Lipinski definition) is 17. The molecule has 6 N–H and O–H groups in total. The van der Waals surface area contributed by atoms with Crippen LogP contribution in [0.4, 0.5) is 40.1 Å². The van der Waals surface area contributed by atoms with Gasteiger partial charge in [-0.1, -0.05) is 12.1 Å². The molecule has 0 amide bonds. The van der Waals surface area contributed by atoms with Crippen molar-refractivity contribution in [3.63, 3.8) is 0 Å². The SMILES string of the molecule is O=C(O)c1cc(N=Nc2ccc(NCc3nc(CNc4ccc(N=Nc5ccc(COO)c(C(=O)O)c5)cc4)nc(N4CCOCC4)n3)cc2)ccc1COO. The van der Waals surface area contributed by atoms with Gasteiger partial charge in [-0.25, -0.2) is 24.3 Å². The first kappa shape index (κ1) is 38.9. The number of aromatic nitrogens is 3. The fraction of sp³-hybridized carbons (Fsp3) is 0.216. The number of nitrogens with zero attached hydrogens (tertiary/aromatic N) is 8. The zero-order valence-corrected chi connectivity index (χ0v) is 29.6. The van der Waals surface area contributed by atoms with Crippen molar-refractivity contribution in [3.05, 3.63) is 119 Å². The molecule has 5 aromatic rings. The summed E-state index contributed by atoms with van der Waals surface area (Å²) < 4.78 is 5.51. The van der Waals surface area contributed by atoms with E-state index in [9.17, 15) is 19.8 Å². The van der Waals surface area contributed by atoms with Crippen molar-refractivity contribution in [1.82, 2.24) is 15.0 Å². The van der Waals surface area contributed by atoms with Crippen LogP contribution in [0.1, 0.15) is 43.5 Å². The minimum Gasteiger partial charge on any atom is -0.478 e. The Labute approximate surface area is 318 Å². The second-order valence-electron chi connectivity index (χ2n) is 12.1. The summed E-state index contributed by atoms with van der Waals surface area (Å²) in [6, 6.07) is 23.2. The van der Waals surface area contributed by atoms with Gasteiger partial charge in [-0.3, -0.25) is 10.5 Å². The lowest BCUT2D eigenvalue weighted by atomic mass is 10.1. The van der Waals surface area contributed by atoms with Gasteiger partial charge in [0.15, 0.2) is 11.6 Å². The van der Waals surface area contributed by atoms with Gasteiger partial charge in [-0.2, -0.15) is 30.4 Å². The number of aromatic carboxylic acids is 2. The fourth-order valence-electron chi connectivity index (χ4n) is 5.45. The van der Waals surface area contributed by atoms with Crippen LogP contribution in [0.3, 0.4) is 0 Å². The maximum atomic E-state index is 11.6. The van der Waals surface area contributed by atoms with E-state index in [1.165, 1.54) is 24.3 Å². The second kappa shape index (κ2) is 19.0. The number of benzene rings is 4. The van der Waals surface area contributed by atoms with Crippen molar-refractivity contribution >= 4 is 52.0 Å². The Balaban J connectivity index is 1.08. The lowest BCUT2D eigenvalue weighted by molar-refractivity contribution is -0.253. The average Bonchev–Trinajstić information content (AvgIpc) is 3.22. The molecule has 4 aromatic carbocycles. The number of rotatable bonds is 17. The van der Waals surface area contributed by atoms with Gasteiger partial charge in [0.05, 0.1) is 60.2 Å². The van der Waals surface area contributed by atoms with Crippen LogP contribution in [0.5, 0.6) is 0 Å². The van der Waals surface area contributed by atoms with Gasteiger partial charge in [0.2, 0.25) is 5.95 Å². The number of carboxylic acid groups (broad SMARTS) is 2. The summed E-state index contributed by atoms with van der Waals surface area (Å²) in [6.07, 6.45) is 0. The maximum Gasteiger partial charge on any atom is 0.336 e. The highest BCUT2D eigenvalue weighted by molar-refractivity contribution is 5.91. The Morgan fingerprint density at radius 2 is 1.04 bits per heavy atom. The van der Waals surface area contributed by atoms with Crippen molar-refractivity contribution in [1.29, 1.82) is 0 Å². The van der Waals surface area contributed by atoms with E-state index in [2.05, 4.69) is 45.8 Å². The van der Waals surface area contributed by atoms with Crippen LogP contribution in [0.2, 0.25) is 0 Å². The summed E-state index contributed by atoms with van der Waals surface area (Å²) in [6.45, 7) is 2.51. The molecule has 1 aliphatic heterocycles. The lowest BCUT2D eigenvalue weighted by Gasteiger charge is -2.27. The van der Waals surface area contributed by atoms with Gasteiger partial charge in [0, 0.05) is 24.5 Å². The second-order valence-corrected chi connectivity index (χ2v) is 12.1. The molecule has 1 aromatic heterocycles. The Bertz CT molecular complexity index is 2050. The molecular formula is C37H36N10O9. The van der Waals surface area contributed by atoms with Crippen molar-refractivity contribution in [3.8, 4) is 0 Å². The van der Waals surface area contributed by atoms with Crippen LogP contribution in [-0.4, -0.2) is 73.9 Å². The Morgan fingerprint density at radius 3 is 1.45 bits per heavy atom. The first-order valence-corrected chi connectivity index (χ1v) is 17.1. The monoisotopic (exact) mass is 764 g/mol. The molecule has 56 heavy (non-hydrogen) atoms. The molecular weight excluding hydrogens is 728 g/mol. The number of hydrogen-bond donors (Lipinski definition) is 6. The first-order valence-electron chi connectivity index (χ1n) is 17.1. The van der Waals surface area contributed by atoms with E-state index in [1.54, 1.807) is 36.4 Å². The number of ether oxygens (including phenoxy) is 1. The molecule has 0 unspecified atom stereocenters. The van der Waals surface area contributed by atoms with Crippen molar-refractivity contribution in [2.24, 2.45) is 20.5 Å². The van der Waals surface area contributed by atoms with Crippen LogP contribution in [0, 0.1) is 0 Å². The number of carboxylic acids is 2. The van der Waals surface area contributed by atoms with Crippen LogP contribution < -0.4 is 15.5 Å². The fourth-order valence-corrected chi connectivity index (χ4v) is 5.45. The number of morpholine rings is 1. The van der Waals surface area contributed by atoms with Gasteiger partial charge < -0.3 is 30.5 Å². The summed E-state index contributed by atoms with van der Waals surface area (Å²) in [5.41, 5.74) is 3.83. The zero-order valence-electron chi connectivity index (χ0n) is 29.6. The Kier molecular flexibility index (Phi) is 13.2. The predicted molar refractivity (Wildman–Crippen MR) is 200 cm³/mol. The minimum atomic E-state index is -1.17. The molecule has 6 rings (SSSR count). The molecule has 0 atom stereocenters. The third-order valence-corrected chi connectivity index (χ3v) is 8.30. The molecule has 0 radical (unpaired) electrons. The molecule has 288 valence electrons. The molecule has 0 aliphatic carbocycles. The number of anilines is 3. The zero-order chi connectivity index (χ0) is 39.3. The first-order chi connectivity index (χ1) is 27.3. The lowest BCUT2D eigenvalue weighted by Crippen LogP contribution is -2.38. The van der Waals surface area contributed by atoms with Gasteiger partial charge in [-0.05, 0) is 83.9 Å². The highest BCUT2D eigenvalue weighted by atomic mass is 17.1. The number of azo groups is 2. The van der Waals surface area contributed by atoms with E-state index in [4.69, 9.17) is 30.2 Å². The molecule has 0 saturated carbocycles. The summed E-state index contributed by atoms with van der Waals surface area (Å²) in [7, 11) is 0. The highest BCUT2D eigenvalue weighted by Gasteiger charge is 2.17. The molecule has 1 fully saturated rings. The van der Waals surface area contributed by atoms with E-state index in [0.29, 0.717) is 90.9 Å². The van der Waals surface area contributed by atoms with Crippen LogP contribution in [0.15, 0.2) is 105 Å². The highest BCUT2D eigenvalue weighted by Crippen LogP contribution is 2.25. The summed E-state index contributed by atoms with van der Waals surface area (Å²) >= 11 is 0. The average molecular weight is 765 g/mol. The van der Waals surface area contributed by atoms with Crippen LogP contribution >= 0.6 is 0 Å². The topological polar surface area (TPSA) is 258 Å². The number of carbonyl (C=O) groups is 2. The quantitative estimate of drug-likeness (QED) is 0.0312. The third-order valence-electron chi connectivity index (χ3n) is 8.30.